The molecule has 7 nitrogen and oxygen atoms in total. The summed E-state index contributed by atoms with van der Waals surface area (Å²) in [5.41, 5.74) is -1.82. The summed E-state index contributed by atoms with van der Waals surface area (Å²) in [7, 11) is -3.31. The molecule has 0 aromatic heterocycles. The highest BCUT2D eigenvalue weighted by Crippen LogP contribution is 2.21. The molecule has 1 N–H and O–H groups in total. The first kappa shape index (κ1) is 16.0. The van der Waals surface area contributed by atoms with Crippen molar-refractivity contribution in [1.29, 1.82) is 0 Å². The molecule has 0 saturated heterocycles. The Hall–Kier alpha value is -2.10. The molecule has 0 heterocycles. The van der Waals surface area contributed by atoms with Crippen LogP contribution < -0.4 is 5.32 Å². The third-order valence-corrected chi connectivity index (χ3v) is 3.18. The summed E-state index contributed by atoms with van der Waals surface area (Å²) in [5, 5.41) is 12.4. The normalized spacial score (nSPS) is 11.2. The van der Waals surface area contributed by atoms with Crippen LogP contribution in [-0.2, 0) is 9.84 Å². The lowest BCUT2D eigenvalue weighted by molar-refractivity contribution is -0.387. The zero-order valence-electron chi connectivity index (χ0n) is 10.2. The molecule has 0 radical (unpaired) electrons. The molecule has 1 aromatic rings. The number of carbonyl (C=O) groups is 1. The van der Waals surface area contributed by atoms with Crippen LogP contribution in [0.4, 0.5) is 14.5 Å². The number of nitro benzene ring substituents is 1. The lowest BCUT2D eigenvalue weighted by Crippen LogP contribution is -2.29. The van der Waals surface area contributed by atoms with E-state index in [-0.39, 0.29) is 12.3 Å². The van der Waals surface area contributed by atoms with Gasteiger partial charge in [0.15, 0.2) is 0 Å². The fourth-order valence-corrected chi connectivity index (χ4v) is 1.77. The summed E-state index contributed by atoms with van der Waals surface area (Å²) in [5.74, 6) is -4.05. The Bertz CT molecular complexity index is 660. The summed E-state index contributed by atoms with van der Waals surface area (Å²) >= 11 is 0. The average molecular weight is 308 g/mol. The first-order valence-electron chi connectivity index (χ1n) is 5.21. The van der Waals surface area contributed by atoms with Gasteiger partial charge < -0.3 is 5.32 Å². The van der Waals surface area contributed by atoms with Crippen LogP contribution in [0.3, 0.4) is 0 Å². The van der Waals surface area contributed by atoms with Gasteiger partial charge in [0, 0.05) is 12.8 Å². The topological polar surface area (TPSA) is 106 Å². The zero-order valence-corrected chi connectivity index (χ0v) is 11.0. The fourth-order valence-electron chi connectivity index (χ4n) is 1.30. The highest BCUT2D eigenvalue weighted by molar-refractivity contribution is 7.90. The minimum absolute atomic E-state index is 0.282. The molecular formula is C10H10F2N2O5S. The fraction of sp³-hybridized carbons (Fsp3) is 0.300. The van der Waals surface area contributed by atoms with Gasteiger partial charge in [-0.05, 0) is 6.07 Å². The van der Waals surface area contributed by atoms with E-state index in [4.69, 9.17) is 0 Å². The van der Waals surface area contributed by atoms with Crippen LogP contribution in [-0.4, -0.2) is 37.8 Å². The molecule has 0 unspecified atom stereocenters. The van der Waals surface area contributed by atoms with Crippen molar-refractivity contribution in [2.45, 2.75) is 0 Å². The van der Waals surface area contributed by atoms with E-state index in [0.717, 1.165) is 6.26 Å². The van der Waals surface area contributed by atoms with Gasteiger partial charge in [0.25, 0.3) is 5.91 Å². The number of nitrogens with zero attached hydrogens (tertiary/aromatic N) is 1. The van der Waals surface area contributed by atoms with Gasteiger partial charge in [-0.15, -0.1) is 0 Å². The Morgan fingerprint density at radius 1 is 1.35 bits per heavy atom. The summed E-state index contributed by atoms with van der Waals surface area (Å²) in [6, 6.07) is 0.685. The Morgan fingerprint density at radius 2 is 1.95 bits per heavy atom. The largest absolute Gasteiger partial charge is 0.351 e. The van der Waals surface area contributed by atoms with Crippen molar-refractivity contribution >= 4 is 21.4 Å². The van der Waals surface area contributed by atoms with Gasteiger partial charge in [-0.3, -0.25) is 14.9 Å². The third-order valence-electron chi connectivity index (χ3n) is 2.24. The average Bonchev–Trinajstić information content (AvgIpc) is 2.29. The monoisotopic (exact) mass is 308 g/mol. The Labute approximate surface area is 112 Å². The predicted octanol–water partition coefficient (Wildman–Crippen LogP) is 0.647. The summed E-state index contributed by atoms with van der Waals surface area (Å²) < 4.78 is 48.4. The van der Waals surface area contributed by atoms with Crippen molar-refractivity contribution in [3.63, 3.8) is 0 Å². The van der Waals surface area contributed by atoms with Crippen LogP contribution in [0, 0.1) is 21.7 Å². The predicted molar refractivity (Wildman–Crippen MR) is 65.1 cm³/mol. The minimum atomic E-state index is -3.31. The molecule has 0 fully saturated rings. The second-order valence-corrected chi connectivity index (χ2v) is 6.19. The maximum atomic E-state index is 13.5. The molecule has 1 rings (SSSR count). The minimum Gasteiger partial charge on any atom is -0.351 e. The molecule has 10 heteroatoms. The lowest BCUT2D eigenvalue weighted by atomic mass is 10.1. The SMILES string of the molecule is CS(=O)(=O)CCNC(=O)c1cc(F)c([N+](=O)[O-])cc1F. The highest BCUT2D eigenvalue weighted by Gasteiger charge is 2.22. The van der Waals surface area contributed by atoms with Gasteiger partial charge in [0.1, 0.15) is 15.7 Å². The number of carbonyl (C=O) groups excluding carboxylic acids is 1. The molecule has 0 spiro atoms. The van der Waals surface area contributed by atoms with Crippen molar-refractivity contribution < 1.29 is 26.9 Å². The number of rotatable bonds is 5. The maximum Gasteiger partial charge on any atom is 0.307 e. The third kappa shape index (κ3) is 4.23. The van der Waals surface area contributed by atoms with Crippen molar-refractivity contribution in [2.24, 2.45) is 0 Å². The van der Waals surface area contributed by atoms with Crippen molar-refractivity contribution in [3.05, 3.63) is 39.4 Å². The molecule has 0 aliphatic carbocycles. The molecule has 0 aliphatic rings. The smallest absolute Gasteiger partial charge is 0.307 e. The lowest BCUT2D eigenvalue weighted by Gasteiger charge is -2.06. The van der Waals surface area contributed by atoms with E-state index in [1.165, 1.54) is 0 Å². The number of amides is 1. The number of nitrogens with one attached hydrogen (secondary N) is 1. The molecule has 0 aliphatic heterocycles. The standard InChI is InChI=1S/C10H10F2N2O5S/c1-20(18,19)3-2-13-10(15)6-4-8(12)9(14(16)17)5-7(6)11/h4-5H,2-3H2,1H3,(H,13,15). The first-order chi connectivity index (χ1) is 9.11. The number of nitro groups is 1. The molecule has 20 heavy (non-hydrogen) atoms. The second-order valence-electron chi connectivity index (χ2n) is 3.93. The molecule has 1 amide bonds. The van der Waals surface area contributed by atoms with Crippen molar-refractivity contribution in [1.82, 2.24) is 5.32 Å². The van der Waals surface area contributed by atoms with Gasteiger partial charge in [0.2, 0.25) is 5.82 Å². The number of hydrogen-bond donors (Lipinski definition) is 1. The number of sulfone groups is 1. The van der Waals surface area contributed by atoms with Gasteiger partial charge >= 0.3 is 5.69 Å². The van der Waals surface area contributed by atoms with Crippen LogP contribution in [0.15, 0.2) is 12.1 Å². The number of halogens is 2. The van der Waals surface area contributed by atoms with E-state index in [0.29, 0.717) is 12.1 Å². The van der Waals surface area contributed by atoms with E-state index in [2.05, 4.69) is 5.32 Å². The first-order valence-corrected chi connectivity index (χ1v) is 7.27. The molecule has 0 saturated carbocycles. The van der Waals surface area contributed by atoms with Crippen LogP contribution in [0.1, 0.15) is 10.4 Å². The molecular weight excluding hydrogens is 298 g/mol. The quantitative estimate of drug-likeness (QED) is 0.635. The van der Waals surface area contributed by atoms with E-state index in [9.17, 15) is 32.1 Å². The van der Waals surface area contributed by atoms with Crippen LogP contribution in [0.2, 0.25) is 0 Å². The zero-order chi connectivity index (χ0) is 15.5. The van der Waals surface area contributed by atoms with Gasteiger partial charge in [-0.2, -0.15) is 4.39 Å². The van der Waals surface area contributed by atoms with E-state index >= 15 is 0 Å². The summed E-state index contributed by atoms with van der Waals surface area (Å²) in [4.78, 5) is 20.8. The maximum absolute atomic E-state index is 13.5. The van der Waals surface area contributed by atoms with Gasteiger partial charge in [-0.1, -0.05) is 0 Å². The van der Waals surface area contributed by atoms with Crippen LogP contribution in [0.5, 0.6) is 0 Å². The van der Waals surface area contributed by atoms with Crippen LogP contribution in [0.25, 0.3) is 0 Å². The Balaban J connectivity index is 2.89. The number of hydrogen-bond acceptors (Lipinski definition) is 5. The van der Waals surface area contributed by atoms with E-state index in [1.807, 2.05) is 0 Å². The second kappa shape index (κ2) is 5.90. The Kier molecular flexibility index (Phi) is 4.71. The summed E-state index contributed by atoms with van der Waals surface area (Å²) in [6.45, 7) is -0.282. The number of benzene rings is 1. The van der Waals surface area contributed by atoms with E-state index < -0.39 is 43.6 Å². The van der Waals surface area contributed by atoms with Gasteiger partial charge in [-0.25, -0.2) is 12.8 Å². The Morgan fingerprint density at radius 3 is 2.45 bits per heavy atom. The van der Waals surface area contributed by atoms with Crippen molar-refractivity contribution in [3.8, 4) is 0 Å². The van der Waals surface area contributed by atoms with Crippen molar-refractivity contribution in [2.75, 3.05) is 18.6 Å². The van der Waals surface area contributed by atoms with E-state index in [1.54, 1.807) is 0 Å². The van der Waals surface area contributed by atoms with Crippen LogP contribution >= 0.6 is 0 Å². The molecule has 0 atom stereocenters. The molecule has 1 aromatic carbocycles. The highest BCUT2D eigenvalue weighted by atomic mass is 32.2. The molecule has 0 bridgehead atoms. The molecule has 110 valence electrons. The van der Waals surface area contributed by atoms with Gasteiger partial charge in [0.05, 0.1) is 22.3 Å². The summed E-state index contributed by atoms with van der Waals surface area (Å²) in [6.07, 6.45) is 0.950.